The molecule has 0 radical (unpaired) electrons. The van der Waals surface area contributed by atoms with E-state index in [0.29, 0.717) is 0 Å². The zero-order valence-corrected chi connectivity index (χ0v) is 8.22. The van der Waals surface area contributed by atoms with Crippen LogP contribution in [-0.2, 0) is 69.0 Å². The Labute approximate surface area is 99.2 Å². The minimum Gasteiger partial charge on any atom is -0.644 e. The molecule has 10 heteroatoms. The summed E-state index contributed by atoms with van der Waals surface area (Å²) >= 11 is 0. The summed E-state index contributed by atoms with van der Waals surface area (Å²) in [5.74, 6) is 0. The Morgan fingerprint density at radius 1 is 0.857 bits per heavy atom. The van der Waals surface area contributed by atoms with Crippen molar-refractivity contribution in [3.05, 3.63) is 6.42 Å². The fraction of sp³-hybridized carbons (Fsp3) is 0. The van der Waals surface area contributed by atoms with Gasteiger partial charge in [0, 0.05) is 49.3 Å². The molecule has 8 nitrogen and oxygen atoms in total. The van der Waals surface area contributed by atoms with Gasteiger partial charge in [-0.05, 0) is 5.04 Å². The number of hydrogen-bond acceptors (Lipinski definition) is 8. The first-order valence-corrected chi connectivity index (χ1v) is 2.13. The van der Waals surface area contributed by atoms with Gasteiger partial charge in [0.2, 0.25) is 12.2 Å². The second kappa shape index (κ2) is 18.2. The normalized spacial score (nSPS) is 6.29. The van der Waals surface area contributed by atoms with E-state index >= 15 is 0 Å². The summed E-state index contributed by atoms with van der Waals surface area (Å²) < 4.78 is 0. The number of hydrogen-bond donors (Lipinski definition) is 1. The summed E-state index contributed by atoms with van der Waals surface area (Å²) in [5, 5.41) is 21.1. The van der Waals surface area contributed by atoms with Crippen LogP contribution in [0.5, 0.6) is 0 Å². The van der Waals surface area contributed by atoms with Crippen LogP contribution in [0.1, 0.15) is 0 Å². The molecule has 0 aromatic rings. The van der Waals surface area contributed by atoms with Gasteiger partial charge in [0.15, 0.2) is 0 Å². The van der Waals surface area contributed by atoms with Crippen LogP contribution in [0.25, 0.3) is 0 Å². The van der Waals surface area contributed by atoms with E-state index in [-0.39, 0.29) is 34.1 Å². The Morgan fingerprint density at radius 3 is 1.86 bits per heavy atom. The molecule has 82 valence electrons. The summed E-state index contributed by atoms with van der Waals surface area (Å²) in [6, 6.07) is 0. The van der Waals surface area contributed by atoms with E-state index < -0.39 is 0 Å². The van der Waals surface area contributed by atoms with Crippen molar-refractivity contribution in [3.63, 3.8) is 0 Å². The van der Waals surface area contributed by atoms with Crippen LogP contribution in [0.15, 0.2) is 0 Å². The van der Waals surface area contributed by atoms with Crippen LogP contribution >= 0.6 is 0 Å². The average molecular weight is 289 g/mol. The summed E-state index contributed by atoms with van der Waals surface area (Å²) in [5.41, 5.74) is 0. The van der Waals surface area contributed by atoms with Crippen molar-refractivity contribution in [1.29, 1.82) is 0 Å². The molecule has 0 aromatic heterocycles. The molecule has 0 aliphatic rings. The molecule has 0 heterocycles. The Bertz CT molecular complexity index is 192. The van der Waals surface area contributed by atoms with E-state index in [0.717, 1.165) is 0 Å². The Balaban J connectivity index is -0.000000605. The minimum atomic E-state index is 0. The molecular weight excluding hydrogens is 288 g/mol. The minimum absolute atomic E-state index is 0. The van der Waals surface area contributed by atoms with Gasteiger partial charge < -0.3 is 6.42 Å². The van der Waals surface area contributed by atoms with Crippen LogP contribution in [0.3, 0.4) is 0 Å². The van der Waals surface area contributed by atoms with Crippen molar-refractivity contribution in [1.82, 2.24) is 0 Å². The van der Waals surface area contributed by atoms with Crippen LogP contribution in [0.2, 0.25) is 0 Å². The first kappa shape index (κ1) is 19.0. The SMILES string of the molecule is [C-]#COOOOC#COOOO.[Fe].[Fe]. The maximum Gasteiger partial charge on any atom is 0.208 e. The van der Waals surface area contributed by atoms with E-state index in [1.807, 2.05) is 0 Å². The topological polar surface area (TPSA) is 84.8 Å². The zero-order chi connectivity index (χ0) is 9.07. The zero-order valence-electron chi connectivity index (χ0n) is 6.01. The van der Waals surface area contributed by atoms with Crippen LogP contribution in [0, 0.1) is 24.7 Å². The smallest absolute Gasteiger partial charge is 0.208 e. The van der Waals surface area contributed by atoms with E-state index in [4.69, 9.17) is 11.7 Å². The molecule has 0 aromatic carbocycles. The van der Waals surface area contributed by atoms with Gasteiger partial charge in [-0.3, -0.25) is 4.89 Å². The first-order valence-electron chi connectivity index (χ1n) is 2.13. The fourth-order valence-corrected chi connectivity index (χ4v) is 0.128. The van der Waals surface area contributed by atoms with Gasteiger partial charge in [-0.2, -0.15) is 0 Å². The summed E-state index contributed by atoms with van der Waals surface area (Å²) in [6.07, 6.45) is 10.8. The molecule has 0 bridgehead atoms. The fourth-order valence-electron chi connectivity index (χ4n) is 0.128. The van der Waals surface area contributed by atoms with Gasteiger partial charge in [-0.25, -0.2) is 15.0 Å². The Kier molecular flexibility index (Phi) is 24.7. The predicted octanol–water partition coefficient (Wildman–Crippen LogP) is -0.389. The molecule has 0 fully saturated rings. The van der Waals surface area contributed by atoms with Crippen molar-refractivity contribution < 1.29 is 74.2 Å². The van der Waals surface area contributed by atoms with Crippen molar-refractivity contribution in [2.75, 3.05) is 0 Å². The van der Waals surface area contributed by atoms with Gasteiger partial charge in [-0.1, -0.05) is 6.11 Å². The van der Waals surface area contributed by atoms with E-state index in [2.05, 4.69) is 34.8 Å². The van der Waals surface area contributed by atoms with E-state index in [9.17, 15) is 0 Å². The van der Waals surface area contributed by atoms with Crippen LogP contribution < -0.4 is 0 Å². The summed E-state index contributed by atoms with van der Waals surface area (Å²) in [4.78, 5) is 11.1. The van der Waals surface area contributed by atoms with Gasteiger partial charge in [-0.15, -0.1) is 0 Å². The predicted molar refractivity (Wildman–Crippen MR) is 25.1 cm³/mol. The standard InChI is InChI=1S/C4HO8.2Fe/c1-2-6-11-12-8-4-3-7-10-9-5;;/h5H;;/q-1;;. The molecule has 1 N–H and O–H groups in total. The quantitative estimate of drug-likeness (QED) is 0.183. The van der Waals surface area contributed by atoms with Gasteiger partial charge in [0.1, 0.15) is 0 Å². The van der Waals surface area contributed by atoms with E-state index in [1.165, 1.54) is 6.11 Å². The number of rotatable bonds is 5. The van der Waals surface area contributed by atoms with Crippen LogP contribution in [0.4, 0.5) is 0 Å². The average Bonchev–Trinajstić information content (AvgIpc) is 2.10. The molecule has 0 saturated heterocycles. The maximum atomic E-state index is 7.48. The molecule has 0 aliphatic heterocycles. The third-order valence-electron chi connectivity index (χ3n) is 0.327. The molecule has 0 rings (SSSR count). The molecule has 0 amide bonds. The molecular formula is C4HFe2O8-. The molecule has 0 saturated carbocycles. The maximum absolute atomic E-state index is 7.48. The van der Waals surface area contributed by atoms with Crippen LogP contribution in [-0.4, -0.2) is 5.26 Å². The first-order chi connectivity index (χ1) is 5.91. The molecule has 0 unspecified atom stereocenters. The largest absolute Gasteiger partial charge is 0.644 e. The second-order valence-corrected chi connectivity index (χ2v) is 0.835. The van der Waals surface area contributed by atoms with Crippen molar-refractivity contribution in [2.24, 2.45) is 0 Å². The summed E-state index contributed by atoms with van der Waals surface area (Å²) in [7, 11) is 0. The van der Waals surface area contributed by atoms with Gasteiger partial charge in [0.05, 0.1) is 0 Å². The molecule has 0 aliphatic carbocycles. The summed E-state index contributed by atoms with van der Waals surface area (Å²) in [6.45, 7) is 0. The Morgan fingerprint density at radius 2 is 1.36 bits per heavy atom. The van der Waals surface area contributed by atoms with Gasteiger partial charge >= 0.3 is 0 Å². The second-order valence-electron chi connectivity index (χ2n) is 0.835. The molecule has 0 atom stereocenters. The van der Waals surface area contributed by atoms with Crippen molar-refractivity contribution >= 4 is 0 Å². The molecule has 14 heavy (non-hydrogen) atoms. The Hall–Kier alpha value is -0.641. The van der Waals surface area contributed by atoms with Crippen molar-refractivity contribution in [2.45, 2.75) is 0 Å². The third-order valence-corrected chi connectivity index (χ3v) is 0.327. The van der Waals surface area contributed by atoms with Crippen molar-refractivity contribution in [3.8, 4) is 18.3 Å². The third kappa shape index (κ3) is 17.4. The van der Waals surface area contributed by atoms with Gasteiger partial charge in [0.25, 0.3) is 0 Å². The van der Waals surface area contributed by atoms with E-state index in [1.54, 1.807) is 12.2 Å². The molecule has 0 spiro atoms. The monoisotopic (exact) mass is 289 g/mol.